The summed E-state index contributed by atoms with van der Waals surface area (Å²) in [5.74, 6) is 0.496. The number of fused-ring (bicyclic) bond motifs is 1. The van der Waals surface area contributed by atoms with Gasteiger partial charge in [0.15, 0.2) is 0 Å². The molecule has 2 N–H and O–H groups in total. The van der Waals surface area contributed by atoms with Crippen molar-refractivity contribution in [3.05, 3.63) is 36.9 Å². The van der Waals surface area contributed by atoms with E-state index in [4.69, 9.17) is 5.73 Å². The van der Waals surface area contributed by atoms with Crippen molar-refractivity contribution in [2.24, 2.45) is 7.05 Å². The standard InChI is InChI=1S/C12H11N5/c1-17-7-9(6-16-17)12-10-4-11(13)15-5-8(10)2-3-14-12/h2-7H,1H3,(H2,13,15). The molecule has 84 valence electrons. The molecule has 17 heavy (non-hydrogen) atoms. The second-order valence-electron chi connectivity index (χ2n) is 3.89. The molecule has 0 fully saturated rings. The van der Waals surface area contributed by atoms with Crippen molar-refractivity contribution < 1.29 is 0 Å². The highest BCUT2D eigenvalue weighted by Gasteiger charge is 2.07. The van der Waals surface area contributed by atoms with Crippen molar-refractivity contribution in [3.8, 4) is 11.3 Å². The maximum Gasteiger partial charge on any atom is 0.123 e. The van der Waals surface area contributed by atoms with Crippen LogP contribution in [0.15, 0.2) is 36.9 Å². The number of nitrogens with zero attached hydrogens (tertiary/aromatic N) is 4. The first-order chi connectivity index (χ1) is 8.24. The Hall–Kier alpha value is -2.43. The Morgan fingerprint density at radius 3 is 2.88 bits per heavy atom. The minimum Gasteiger partial charge on any atom is -0.384 e. The van der Waals surface area contributed by atoms with Crippen molar-refractivity contribution >= 4 is 16.6 Å². The molecule has 0 amide bonds. The Morgan fingerprint density at radius 1 is 1.24 bits per heavy atom. The summed E-state index contributed by atoms with van der Waals surface area (Å²) in [6.45, 7) is 0. The van der Waals surface area contributed by atoms with Crippen molar-refractivity contribution in [3.63, 3.8) is 0 Å². The Bertz CT molecular complexity index is 686. The van der Waals surface area contributed by atoms with Crippen LogP contribution in [0.2, 0.25) is 0 Å². The molecule has 0 atom stereocenters. The highest BCUT2D eigenvalue weighted by Crippen LogP contribution is 2.26. The molecular formula is C12H11N5. The Kier molecular flexibility index (Phi) is 2.04. The number of rotatable bonds is 1. The molecule has 3 rings (SSSR count). The first kappa shape index (κ1) is 9.77. The maximum atomic E-state index is 5.72. The SMILES string of the molecule is Cn1cc(-c2nccc3cnc(N)cc23)cn1. The first-order valence-corrected chi connectivity index (χ1v) is 5.23. The summed E-state index contributed by atoms with van der Waals surface area (Å²) in [7, 11) is 1.88. The van der Waals surface area contributed by atoms with Crippen LogP contribution in [-0.2, 0) is 7.05 Å². The second-order valence-corrected chi connectivity index (χ2v) is 3.89. The molecule has 0 radical (unpaired) electrons. The smallest absolute Gasteiger partial charge is 0.123 e. The molecule has 0 aliphatic heterocycles. The van der Waals surface area contributed by atoms with Gasteiger partial charge in [0.2, 0.25) is 0 Å². The zero-order chi connectivity index (χ0) is 11.8. The van der Waals surface area contributed by atoms with Crippen molar-refractivity contribution in [2.75, 3.05) is 5.73 Å². The van der Waals surface area contributed by atoms with Gasteiger partial charge in [-0.3, -0.25) is 9.67 Å². The fraction of sp³-hybridized carbons (Fsp3) is 0.0833. The van der Waals surface area contributed by atoms with Crippen LogP contribution < -0.4 is 5.73 Å². The van der Waals surface area contributed by atoms with Gasteiger partial charge in [-0.05, 0) is 12.1 Å². The van der Waals surface area contributed by atoms with E-state index in [1.54, 1.807) is 23.3 Å². The number of aromatic nitrogens is 4. The number of nitrogens with two attached hydrogens (primary N) is 1. The number of hydrogen-bond acceptors (Lipinski definition) is 4. The van der Waals surface area contributed by atoms with Gasteiger partial charge in [-0.2, -0.15) is 5.10 Å². The van der Waals surface area contributed by atoms with Gasteiger partial charge >= 0.3 is 0 Å². The normalized spacial score (nSPS) is 10.9. The number of pyridine rings is 2. The van der Waals surface area contributed by atoms with Crippen LogP contribution in [0.4, 0.5) is 5.82 Å². The third-order valence-electron chi connectivity index (χ3n) is 2.65. The highest BCUT2D eigenvalue weighted by molar-refractivity contribution is 5.94. The first-order valence-electron chi connectivity index (χ1n) is 5.23. The van der Waals surface area contributed by atoms with E-state index in [0.717, 1.165) is 22.0 Å². The van der Waals surface area contributed by atoms with Crippen LogP contribution in [0.3, 0.4) is 0 Å². The molecule has 5 nitrogen and oxygen atoms in total. The summed E-state index contributed by atoms with van der Waals surface area (Å²) < 4.78 is 1.75. The molecule has 5 heteroatoms. The number of nitrogen functional groups attached to an aromatic ring is 1. The number of aryl methyl sites for hydroxylation is 1. The average molecular weight is 225 g/mol. The second kappa shape index (κ2) is 3.55. The van der Waals surface area contributed by atoms with E-state index in [9.17, 15) is 0 Å². The molecular weight excluding hydrogens is 214 g/mol. The third kappa shape index (κ3) is 1.61. The molecule has 0 saturated carbocycles. The number of hydrogen-bond donors (Lipinski definition) is 1. The molecule has 0 aromatic carbocycles. The van der Waals surface area contributed by atoms with E-state index in [-0.39, 0.29) is 0 Å². The van der Waals surface area contributed by atoms with Crippen LogP contribution >= 0.6 is 0 Å². The topological polar surface area (TPSA) is 69.6 Å². The molecule has 0 spiro atoms. The van der Waals surface area contributed by atoms with Gasteiger partial charge in [-0.15, -0.1) is 0 Å². The largest absolute Gasteiger partial charge is 0.384 e. The van der Waals surface area contributed by atoms with Crippen LogP contribution in [0, 0.1) is 0 Å². The van der Waals surface area contributed by atoms with Gasteiger partial charge < -0.3 is 5.73 Å². The fourth-order valence-corrected chi connectivity index (χ4v) is 1.86. The van der Waals surface area contributed by atoms with Gasteiger partial charge in [0, 0.05) is 42.0 Å². The van der Waals surface area contributed by atoms with Gasteiger partial charge in [0.05, 0.1) is 11.9 Å². The van der Waals surface area contributed by atoms with Gasteiger partial charge in [0.25, 0.3) is 0 Å². The molecule has 0 saturated heterocycles. The zero-order valence-corrected chi connectivity index (χ0v) is 9.33. The summed E-state index contributed by atoms with van der Waals surface area (Å²) in [6, 6.07) is 3.76. The van der Waals surface area contributed by atoms with E-state index in [1.165, 1.54) is 0 Å². The lowest BCUT2D eigenvalue weighted by Crippen LogP contribution is -1.91. The summed E-state index contributed by atoms with van der Waals surface area (Å²) in [5.41, 5.74) is 7.57. The Morgan fingerprint density at radius 2 is 2.12 bits per heavy atom. The van der Waals surface area contributed by atoms with Crippen molar-refractivity contribution in [1.29, 1.82) is 0 Å². The Balaban J connectivity index is 2.32. The summed E-state index contributed by atoms with van der Waals surface area (Å²) in [5, 5.41) is 6.17. The predicted octanol–water partition coefficient (Wildman–Crippen LogP) is 1.61. The van der Waals surface area contributed by atoms with Crippen LogP contribution in [0.1, 0.15) is 0 Å². The molecule has 3 aromatic heterocycles. The van der Waals surface area contributed by atoms with Crippen molar-refractivity contribution in [2.45, 2.75) is 0 Å². The van der Waals surface area contributed by atoms with Gasteiger partial charge in [0.1, 0.15) is 5.82 Å². The van der Waals surface area contributed by atoms with E-state index in [2.05, 4.69) is 15.1 Å². The fourth-order valence-electron chi connectivity index (χ4n) is 1.86. The average Bonchev–Trinajstić information content (AvgIpc) is 2.75. The lowest BCUT2D eigenvalue weighted by atomic mass is 10.1. The van der Waals surface area contributed by atoms with Crippen LogP contribution in [0.5, 0.6) is 0 Å². The van der Waals surface area contributed by atoms with Crippen molar-refractivity contribution in [1.82, 2.24) is 19.7 Å². The van der Waals surface area contributed by atoms with E-state index < -0.39 is 0 Å². The summed E-state index contributed by atoms with van der Waals surface area (Å²) >= 11 is 0. The molecule has 0 aliphatic rings. The molecule has 3 aromatic rings. The summed E-state index contributed by atoms with van der Waals surface area (Å²) in [4.78, 5) is 8.47. The molecule has 0 bridgehead atoms. The van der Waals surface area contributed by atoms with Crippen LogP contribution in [0.25, 0.3) is 22.0 Å². The lowest BCUT2D eigenvalue weighted by molar-refractivity contribution is 0.768. The molecule has 3 heterocycles. The van der Waals surface area contributed by atoms with Crippen LogP contribution in [-0.4, -0.2) is 19.7 Å². The van der Waals surface area contributed by atoms with Gasteiger partial charge in [-0.1, -0.05) is 0 Å². The Labute approximate surface area is 97.9 Å². The van der Waals surface area contributed by atoms with Gasteiger partial charge in [-0.25, -0.2) is 4.98 Å². The maximum absolute atomic E-state index is 5.72. The molecule has 0 unspecified atom stereocenters. The van der Waals surface area contributed by atoms with E-state index in [1.807, 2.05) is 25.4 Å². The van der Waals surface area contributed by atoms with E-state index >= 15 is 0 Å². The molecule has 0 aliphatic carbocycles. The minimum absolute atomic E-state index is 0.496. The highest BCUT2D eigenvalue weighted by atomic mass is 15.2. The lowest BCUT2D eigenvalue weighted by Gasteiger charge is -2.03. The minimum atomic E-state index is 0.496. The summed E-state index contributed by atoms with van der Waals surface area (Å²) in [6.07, 6.45) is 7.24. The zero-order valence-electron chi connectivity index (χ0n) is 9.33. The number of anilines is 1. The predicted molar refractivity (Wildman–Crippen MR) is 66.2 cm³/mol. The third-order valence-corrected chi connectivity index (χ3v) is 2.65. The quantitative estimate of drug-likeness (QED) is 0.683. The monoisotopic (exact) mass is 225 g/mol. The van der Waals surface area contributed by atoms with E-state index in [0.29, 0.717) is 5.82 Å².